The van der Waals surface area contributed by atoms with Crippen molar-refractivity contribution in [2.24, 2.45) is 0 Å². The number of hydrogen-bond acceptors (Lipinski definition) is 6. The molecule has 6 nitrogen and oxygen atoms in total. The van der Waals surface area contributed by atoms with Gasteiger partial charge in [-0.05, 0) is 68.8 Å². The number of fused-ring (bicyclic) bond motifs is 1. The Labute approximate surface area is 194 Å². The van der Waals surface area contributed by atoms with Crippen LogP contribution in [0.2, 0.25) is 0 Å². The lowest BCUT2D eigenvalue weighted by Gasteiger charge is -2.19. The summed E-state index contributed by atoms with van der Waals surface area (Å²) in [5.41, 5.74) is 1.78. The Hall–Kier alpha value is -3.52. The third kappa shape index (κ3) is 5.28. The zero-order valence-corrected chi connectivity index (χ0v) is 19.2. The average molecular weight is 464 g/mol. The summed E-state index contributed by atoms with van der Waals surface area (Å²) in [7, 11) is 0. The highest BCUT2D eigenvalue weighted by Crippen LogP contribution is 2.26. The van der Waals surface area contributed by atoms with Gasteiger partial charge in [-0.25, -0.2) is 9.37 Å². The summed E-state index contributed by atoms with van der Waals surface area (Å²) in [6, 6.07) is 14.7. The molecule has 0 aliphatic rings. The van der Waals surface area contributed by atoms with Crippen LogP contribution >= 0.6 is 11.8 Å². The Morgan fingerprint density at radius 1 is 1.09 bits per heavy atom. The second-order valence-electron chi connectivity index (χ2n) is 8.36. The van der Waals surface area contributed by atoms with Gasteiger partial charge in [0.05, 0.1) is 22.3 Å². The van der Waals surface area contributed by atoms with Crippen molar-refractivity contribution in [2.75, 3.05) is 5.75 Å². The monoisotopic (exact) mass is 463 g/mol. The van der Waals surface area contributed by atoms with Crippen LogP contribution in [0.1, 0.15) is 20.8 Å². The van der Waals surface area contributed by atoms with Crippen LogP contribution in [0.15, 0.2) is 76.9 Å². The van der Waals surface area contributed by atoms with Crippen molar-refractivity contribution in [3.05, 3.63) is 83.2 Å². The van der Waals surface area contributed by atoms with E-state index in [1.807, 2.05) is 24.3 Å². The smallest absolute Gasteiger partial charge is 0.316 e. The van der Waals surface area contributed by atoms with Crippen molar-refractivity contribution >= 4 is 28.6 Å². The number of pyridine rings is 1. The van der Waals surface area contributed by atoms with Gasteiger partial charge in [-0.1, -0.05) is 23.9 Å². The molecule has 0 aliphatic carbocycles. The molecule has 8 heteroatoms. The number of esters is 1. The number of aromatic nitrogens is 3. The van der Waals surface area contributed by atoms with Gasteiger partial charge in [-0.15, -0.1) is 0 Å². The first-order valence-corrected chi connectivity index (χ1v) is 11.3. The highest BCUT2D eigenvalue weighted by atomic mass is 32.2. The third-order valence-electron chi connectivity index (χ3n) is 4.66. The highest BCUT2D eigenvalue weighted by molar-refractivity contribution is 7.99. The minimum absolute atomic E-state index is 0.0291. The topological polar surface area (TPSA) is 74.1 Å². The minimum atomic E-state index is -0.621. The van der Waals surface area contributed by atoms with E-state index in [1.54, 1.807) is 39.2 Å². The lowest BCUT2D eigenvalue weighted by atomic mass is 10.1. The third-order valence-corrected chi connectivity index (χ3v) is 5.57. The van der Waals surface area contributed by atoms with E-state index in [2.05, 4.69) is 4.98 Å². The lowest BCUT2D eigenvalue weighted by Crippen LogP contribution is -2.26. The number of carbonyl (C=O) groups is 1. The highest BCUT2D eigenvalue weighted by Gasteiger charge is 2.19. The molecule has 0 aliphatic heterocycles. The Kier molecular flexibility index (Phi) is 6.29. The van der Waals surface area contributed by atoms with Gasteiger partial charge in [0.2, 0.25) is 0 Å². The zero-order valence-electron chi connectivity index (χ0n) is 18.4. The van der Waals surface area contributed by atoms with E-state index in [0.29, 0.717) is 21.7 Å². The van der Waals surface area contributed by atoms with E-state index in [4.69, 9.17) is 9.72 Å². The van der Waals surface area contributed by atoms with Crippen LogP contribution in [0.25, 0.3) is 27.7 Å². The molecule has 0 saturated heterocycles. The van der Waals surface area contributed by atoms with Crippen LogP contribution in [-0.2, 0) is 9.53 Å². The molecule has 0 amide bonds. The van der Waals surface area contributed by atoms with Gasteiger partial charge in [0.25, 0.3) is 5.56 Å². The molecule has 0 spiro atoms. The fourth-order valence-electron chi connectivity index (χ4n) is 3.29. The van der Waals surface area contributed by atoms with Crippen molar-refractivity contribution in [1.29, 1.82) is 0 Å². The number of thioether (sulfide) groups is 1. The first-order chi connectivity index (χ1) is 15.7. The zero-order chi connectivity index (χ0) is 23.6. The molecule has 33 heavy (non-hydrogen) atoms. The lowest BCUT2D eigenvalue weighted by molar-refractivity contribution is -0.151. The molecular weight excluding hydrogens is 441 g/mol. The molecule has 0 bridgehead atoms. The summed E-state index contributed by atoms with van der Waals surface area (Å²) in [5, 5.41) is 0.724. The Bertz CT molecular complexity index is 1360. The largest absolute Gasteiger partial charge is 0.459 e. The number of rotatable bonds is 5. The maximum Gasteiger partial charge on any atom is 0.316 e. The normalized spacial score (nSPS) is 11.5. The number of ether oxygens (including phenoxy) is 1. The molecule has 2 heterocycles. The first kappa shape index (κ1) is 22.7. The van der Waals surface area contributed by atoms with Crippen molar-refractivity contribution in [2.45, 2.75) is 31.5 Å². The Balaban J connectivity index is 1.81. The van der Waals surface area contributed by atoms with Crippen LogP contribution in [-0.4, -0.2) is 31.9 Å². The molecule has 0 atom stereocenters. The van der Waals surface area contributed by atoms with Gasteiger partial charge in [0, 0.05) is 18.0 Å². The maximum atomic E-state index is 13.5. The predicted octanol–water partition coefficient (Wildman–Crippen LogP) is 5.02. The Morgan fingerprint density at radius 2 is 1.85 bits per heavy atom. The van der Waals surface area contributed by atoms with Crippen molar-refractivity contribution in [1.82, 2.24) is 14.5 Å². The van der Waals surface area contributed by atoms with Crippen LogP contribution in [0, 0.1) is 5.82 Å². The second-order valence-corrected chi connectivity index (χ2v) is 9.30. The van der Waals surface area contributed by atoms with Gasteiger partial charge in [-0.2, -0.15) is 0 Å². The first-order valence-electron chi connectivity index (χ1n) is 10.3. The molecule has 4 rings (SSSR count). The van der Waals surface area contributed by atoms with Gasteiger partial charge in [0.1, 0.15) is 11.4 Å². The molecule has 0 unspecified atom stereocenters. The predicted molar refractivity (Wildman–Crippen MR) is 127 cm³/mol. The van der Waals surface area contributed by atoms with Crippen molar-refractivity contribution in [3.8, 4) is 16.8 Å². The number of nitrogens with zero attached hydrogens (tertiary/aromatic N) is 3. The fraction of sp³-hybridized carbons (Fsp3) is 0.200. The molecular formula is C25H22FN3O3S. The standard InChI is InChI=1S/C25H22FN3O3S/c1-25(2,3)32-22(30)15-33-24-28-21-13-16(17-5-4-12-27-14-17)6-11-20(21)23(31)29(24)19-9-7-18(26)8-10-19/h4-14H,15H2,1-3H3. The van der Waals surface area contributed by atoms with Gasteiger partial charge >= 0.3 is 5.97 Å². The molecule has 2 aromatic heterocycles. The molecule has 168 valence electrons. The summed E-state index contributed by atoms with van der Waals surface area (Å²) >= 11 is 1.10. The molecule has 0 saturated carbocycles. The SMILES string of the molecule is CC(C)(C)OC(=O)CSc1nc2cc(-c3cccnc3)ccc2c(=O)n1-c1ccc(F)cc1. The maximum absolute atomic E-state index is 13.5. The number of halogens is 1. The van der Waals surface area contributed by atoms with Crippen LogP contribution in [0.4, 0.5) is 4.39 Å². The average Bonchev–Trinajstić information content (AvgIpc) is 2.78. The molecule has 0 radical (unpaired) electrons. The van der Waals surface area contributed by atoms with Crippen molar-refractivity contribution in [3.63, 3.8) is 0 Å². The molecule has 2 aromatic carbocycles. The van der Waals surface area contributed by atoms with E-state index >= 15 is 0 Å². The molecule has 0 fully saturated rings. The van der Waals surface area contributed by atoms with Crippen LogP contribution in [0.3, 0.4) is 0 Å². The van der Waals surface area contributed by atoms with Gasteiger partial charge in [0.15, 0.2) is 5.16 Å². The second kappa shape index (κ2) is 9.15. The molecule has 4 aromatic rings. The fourth-order valence-corrected chi connectivity index (χ4v) is 4.07. The quantitative estimate of drug-likeness (QED) is 0.235. The van der Waals surface area contributed by atoms with Crippen LogP contribution in [0.5, 0.6) is 0 Å². The summed E-state index contributed by atoms with van der Waals surface area (Å²) in [4.78, 5) is 34.6. The van der Waals surface area contributed by atoms with Crippen LogP contribution < -0.4 is 5.56 Å². The van der Waals surface area contributed by atoms with Gasteiger partial charge < -0.3 is 4.74 Å². The van der Waals surface area contributed by atoms with E-state index < -0.39 is 17.4 Å². The number of benzene rings is 2. The van der Waals surface area contributed by atoms with Gasteiger partial charge in [-0.3, -0.25) is 19.1 Å². The minimum Gasteiger partial charge on any atom is -0.459 e. The summed E-state index contributed by atoms with van der Waals surface area (Å²) in [6.07, 6.45) is 3.43. The van der Waals surface area contributed by atoms with E-state index in [-0.39, 0.29) is 11.3 Å². The molecule has 0 N–H and O–H groups in total. The number of hydrogen-bond donors (Lipinski definition) is 0. The summed E-state index contributed by atoms with van der Waals surface area (Å²) in [6.45, 7) is 5.37. The van der Waals surface area contributed by atoms with E-state index in [1.165, 1.54) is 28.8 Å². The van der Waals surface area contributed by atoms with E-state index in [9.17, 15) is 14.0 Å². The Morgan fingerprint density at radius 3 is 2.52 bits per heavy atom. The summed E-state index contributed by atoms with van der Waals surface area (Å²) < 4.78 is 20.3. The van der Waals surface area contributed by atoms with Crippen molar-refractivity contribution < 1.29 is 13.9 Å². The summed E-state index contributed by atoms with van der Waals surface area (Å²) in [5.74, 6) is -0.861. The number of carbonyl (C=O) groups excluding carboxylic acids is 1. The van der Waals surface area contributed by atoms with E-state index in [0.717, 1.165) is 22.9 Å².